The third-order valence-corrected chi connectivity index (χ3v) is 3.76. The van der Waals surface area contributed by atoms with E-state index < -0.39 is 0 Å². The van der Waals surface area contributed by atoms with Crippen LogP contribution in [0.15, 0.2) is 0 Å². The molecule has 0 aromatic rings. The fraction of sp³-hybridized carbons (Fsp3) is 0.909. The van der Waals surface area contributed by atoms with Crippen LogP contribution in [-0.2, 0) is 4.79 Å². The summed E-state index contributed by atoms with van der Waals surface area (Å²) >= 11 is 0. The molecule has 2 saturated heterocycles. The van der Waals surface area contributed by atoms with E-state index in [0.29, 0.717) is 11.9 Å². The van der Waals surface area contributed by atoms with E-state index in [9.17, 15) is 4.79 Å². The predicted octanol–water partition coefficient (Wildman–Crippen LogP) is 0.853. The van der Waals surface area contributed by atoms with Crippen molar-refractivity contribution in [2.45, 2.75) is 32.7 Å². The Balaban J connectivity index is 2.01. The quantitative estimate of drug-likeness (QED) is 0.710. The van der Waals surface area contributed by atoms with Crippen LogP contribution in [0.3, 0.4) is 0 Å². The van der Waals surface area contributed by atoms with Gasteiger partial charge >= 0.3 is 0 Å². The molecule has 14 heavy (non-hydrogen) atoms. The zero-order valence-electron chi connectivity index (χ0n) is 9.12. The summed E-state index contributed by atoms with van der Waals surface area (Å²) < 4.78 is 0. The Hall–Kier alpha value is -0.570. The Morgan fingerprint density at radius 3 is 3.07 bits per heavy atom. The van der Waals surface area contributed by atoms with Crippen LogP contribution in [0.1, 0.15) is 26.7 Å². The second-order valence-corrected chi connectivity index (χ2v) is 4.62. The lowest BCUT2D eigenvalue weighted by atomic mass is 10.0. The van der Waals surface area contributed by atoms with E-state index in [1.165, 1.54) is 6.42 Å². The summed E-state index contributed by atoms with van der Waals surface area (Å²) in [6.07, 6.45) is 2.15. The summed E-state index contributed by atoms with van der Waals surface area (Å²) in [4.78, 5) is 14.1. The average molecular weight is 196 g/mol. The molecule has 0 saturated carbocycles. The molecule has 3 heteroatoms. The van der Waals surface area contributed by atoms with Crippen LogP contribution in [0.4, 0.5) is 0 Å². The molecule has 1 unspecified atom stereocenters. The molecule has 2 aliphatic rings. The molecule has 0 aromatic heterocycles. The molecule has 0 bridgehead atoms. The van der Waals surface area contributed by atoms with Gasteiger partial charge in [0, 0.05) is 31.6 Å². The van der Waals surface area contributed by atoms with Crippen LogP contribution in [0.5, 0.6) is 0 Å². The van der Waals surface area contributed by atoms with Crippen molar-refractivity contribution in [3.63, 3.8) is 0 Å². The number of amides is 1. The lowest BCUT2D eigenvalue weighted by molar-refractivity contribution is -0.135. The minimum Gasteiger partial charge on any atom is -0.338 e. The van der Waals surface area contributed by atoms with E-state index in [1.54, 1.807) is 0 Å². The molecule has 3 nitrogen and oxygen atoms in total. The lowest BCUT2D eigenvalue weighted by Crippen LogP contribution is -2.41. The number of nitrogens with zero attached hydrogens (tertiary/aromatic N) is 1. The molecular formula is C11H20N2O. The number of hydrogen-bond acceptors (Lipinski definition) is 2. The van der Waals surface area contributed by atoms with Crippen LogP contribution in [0.25, 0.3) is 0 Å². The van der Waals surface area contributed by atoms with Crippen molar-refractivity contribution >= 4 is 5.91 Å². The van der Waals surface area contributed by atoms with E-state index in [-0.39, 0.29) is 5.92 Å². The van der Waals surface area contributed by atoms with Crippen LogP contribution in [0.2, 0.25) is 0 Å². The van der Waals surface area contributed by atoms with E-state index in [4.69, 9.17) is 0 Å². The third kappa shape index (κ3) is 1.54. The molecule has 2 heterocycles. The highest BCUT2D eigenvalue weighted by Gasteiger charge is 2.40. The molecule has 0 aliphatic carbocycles. The number of fused-ring (bicyclic) bond motifs is 1. The van der Waals surface area contributed by atoms with E-state index >= 15 is 0 Å². The van der Waals surface area contributed by atoms with Gasteiger partial charge in [0.25, 0.3) is 0 Å². The number of nitrogens with one attached hydrogen (secondary N) is 1. The molecule has 0 radical (unpaired) electrons. The maximum atomic E-state index is 12.0. The topological polar surface area (TPSA) is 32.3 Å². The summed E-state index contributed by atoms with van der Waals surface area (Å²) in [5, 5.41) is 3.37. The number of carbonyl (C=O) groups excluding carboxylic acids is 1. The van der Waals surface area contributed by atoms with Gasteiger partial charge in [-0.1, -0.05) is 13.8 Å². The summed E-state index contributed by atoms with van der Waals surface area (Å²) in [7, 11) is 0. The second-order valence-electron chi connectivity index (χ2n) is 4.62. The van der Waals surface area contributed by atoms with Gasteiger partial charge in [-0.25, -0.2) is 0 Å². The summed E-state index contributed by atoms with van der Waals surface area (Å²) in [6, 6.07) is 0.497. The predicted molar refractivity (Wildman–Crippen MR) is 55.9 cm³/mol. The summed E-state index contributed by atoms with van der Waals surface area (Å²) in [5.41, 5.74) is 0. The Kier molecular flexibility index (Phi) is 2.77. The van der Waals surface area contributed by atoms with Crippen molar-refractivity contribution in [2.75, 3.05) is 19.6 Å². The smallest absolute Gasteiger partial charge is 0.225 e. The minimum atomic E-state index is 0.203. The largest absolute Gasteiger partial charge is 0.338 e. The van der Waals surface area contributed by atoms with Gasteiger partial charge < -0.3 is 10.2 Å². The molecule has 2 rings (SSSR count). The first-order chi connectivity index (χ1) is 6.74. The summed E-state index contributed by atoms with van der Waals surface area (Å²) in [5.74, 6) is 1.29. The van der Waals surface area contributed by atoms with Crippen molar-refractivity contribution in [3.8, 4) is 0 Å². The van der Waals surface area contributed by atoms with Crippen molar-refractivity contribution in [1.82, 2.24) is 10.2 Å². The van der Waals surface area contributed by atoms with Crippen LogP contribution < -0.4 is 5.32 Å². The number of hydrogen-bond donors (Lipinski definition) is 1. The molecule has 1 N–H and O–H groups in total. The van der Waals surface area contributed by atoms with E-state index in [2.05, 4.69) is 17.1 Å². The van der Waals surface area contributed by atoms with Crippen molar-refractivity contribution in [1.29, 1.82) is 0 Å². The van der Waals surface area contributed by atoms with Crippen molar-refractivity contribution < 1.29 is 4.79 Å². The highest BCUT2D eigenvalue weighted by atomic mass is 16.2. The van der Waals surface area contributed by atoms with Gasteiger partial charge in [0.05, 0.1) is 0 Å². The van der Waals surface area contributed by atoms with Gasteiger partial charge in [0.1, 0.15) is 0 Å². The SMILES string of the molecule is CCC(C)C(=O)N1CC[C@H]2CNC[C@H]21. The first kappa shape index (κ1) is 9.97. The fourth-order valence-corrected chi connectivity index (χ4v) is 2.58. The minimum absolute atomic E-state index is 0.203. The molecule has 0 spiro atoms. The zero-order chi connectivity index (χ0) is 10.1. The van der Waals surface area contributed by atoms with Gasteiger partial charge in [0.15, 0.2) is 0 Å². The molecule has 80 valence electrons. The lowest BCUT2D eigenvalue weighted by Gasteiger charge is -2.26. The number of carbonyl (C=O) groups is 1. The van der Waals surface area contributed by atoms with Gasteiger partial charge in [-0.05, 0) is 18.8 Å². The van der Waals surface area contributed by atoms with Crippen LogP contribution in [0, 0.1) is 11.8 Å². The van der Waals surface area contributed by atoms with Crippen molar-refractivity contribution in [3.05, 3.63) is 0 Å². The molecular weight excluding hydrogens is 176 g/mol. The highest BCUT2D eigenvalue weighted by molar-refractivity contribution is 5.79. The van der Waals surface area contributed by atoms with Gasteiger partial charge in [-0.2, -0.15) is 0 Å². The third-order valence-electron chi connectivity index (χ3n) is 3.76. The van der Waals surface area contributed by atoms with E-state index in [1.807, 2.05) is 6.92 Å². The van der Waals surface area contributed by atoms with Gasteiger partial charge in [-0.3, -0.25) is 4.79 Å². The average Bonchev–Trinajstić information content (AvgIpc) is 2.76. The van der Waals surface area contributed by atoms with Crippen LogP contribution in [-0.4, -0.2) is 36.5 Å². The Labute approximate surface area is 85.8 Å². The van der Waals surface area contributed by atoms with Gasteiger partial charge in [0.2, 0.25) is 5.91 Å². The number of likely N-dealkylation sites (tertiary alicyclic amines) is 1. The van der Waals surface area contributed by atoms with Crippen molar-refractivity contribution in [2.24, 2.45) is 11.8 Å². The monoisotopic (exact) mass is 196 g/mol. The Bertz CT molecular complexity index is 229. The highest BCUT2D eigenvalue weighted by Crippen LogP contribution is 2.28. The maximum absolute atomic E-state index is 12.0. The molecule has 1 amide bonds. The second kappa shape index (κ2) is 3.89. The standard InChI is InChI=1S/C11H20N2O/c1-3-8(2)11(14)13-5-4-9-6-12-7-10(9)13/h8-10,12H,3-7H2,1-2H3/t8?,9-,10+/m0/s1. The Morgan fingerprint density at radius 1 is 1.57 bits per heavy atom. The first-order valence-corrected chi connectivity index (χ1v) is 5.75. The van der Waals surface area contributed by atoms with Gasteiger partial charge in [-0.15, -0.1) is 0 Å². The summed E-state index contributed by atoms with van der Waals surface area (Å²) in [6.45, 7) is 7.23. The molecule has 0 aromatic carbocycles. The molecule has 2 aliphatic heterocycles. The van der Waals surface area contributed by atoms with E-state index in [0.717, 1.165) is 32.0 Å². The fourth-order valence-electron chi connectivity index (χ4n) is 2.58. The zero-order valence-corrected chi connectivity index (χ0v) is 9.12. The maximum Gasteiger partial charge on any atom is 0.225 e. The first-order valence-electron chi connectivity index (χ1n) is 5.75. The molecule has 2 fully saturated rings. The molecule has 3 atom stereocenters. The van der Waals surface area contributed by atoms with Crippen LogP contribution >= 0.6 is 0 Å². The Morgan fingerprint density at radius 2 is 2.36 bits per heavy atom. The normalized spacial score (nSPS) is 33.1. The number of rotatable bonds is 2.